The topological polar surface area (TPSA) is 44.8 Å². The fraction of sp³-hybridized carbons (Fsp3) is 0.192. The van der Waals surface area contributed by atoms with Crippen LogP contribution in [0.1, 0.15) is 39.5 Å². The molecular weight excluding hydrogens is 376 g/mol. The van der Waals surface area contributed by atoms with Gasteiger partial charge < -0.3 is 14.2 Å². The molecule has 0 radical (unpaired) electrons. The zero-order chi connectivity index (χ0) is 21.1. The van der Waals surface area contributed by atoms with Gasteiger partial charge in [0.1, 0.15) is 23.9 Å². The second-order valence-corrected chi connectivity index (χ2v) is 7.25. The average Bonchev–Trinajstić information content (AvgIpc) is 3.07. The van der Waals surface area contributed by atoms with Crippen molar-refractivity contribution in [2.45, 2.75) is 27.4 Å². The molecule has 0 fully saturated rings. The summed E-state index contributed by atoms with van der Waals surface area (Å²) in [6, 6.07) is 19.4. The van der Waals surface area contributed by atoms with Gasteiger partial charge in [-0.2, -0.15) is 0 Å². The van der Waals surface area contributed by atoms with Crippen LogP contribution in [0.15, 0.2) is 66.4 Å². The number of carbonyl (C=O) groups excluding carboxylic acids is 1. The van der Waals surface area contributed by atoms with Crippen molar-refractivity contribution >= 4 is 11.9 Å². The van der Waals surface area contributed by atoms with E-state index in [1.807, 2.05) is 44.2 Å². The van der Waals surface area contributed by atoms with Crippen molar-refractivity contribution in [3.63, 3.8) is 0 Å². The lowest BCUT2D eigenvalue weighted by atomic mass is 10.1. The van der Waals surface area contributed by atoms with Crippen LogP contribution in [-0.2, 0) is 6.61 Å². The summed E-state index contributed by atoms with van der Waals surface area (Å²) in [5.74, 6) is 2.14. The largest absolute Gasteiger partial charge is 0.493 e. The zero-order valence-corrected chi connectivity index (χ0v) is 17.4. The van der Waals surface area contributed by atoms with Crippen LogP contribution in [0, 0.1) is 13.8 Å². The van der Waals surface area contributed by atoms with E-state index in [2.05, 4.69) is 31.2 Å². The highest BCUT2D eigenvalue weighted by Gasteiger charge is 2.30. The van der Waals surface area contributed by atoms with E-state index in [0.717, 1.165) is 22.4 Å². The highest BCUT2D eigenvalue weighted by atomic mass is 16.5. The minimum atomic E-state index is -0.135. The maximum atomic E-state index is 12.9. The Morgan fingerprint density at radius 1 is 0.900 bits per heavy atom. The van der Waals surface area contributed by atoms with E-state index in [4.69, 9.17) is 14.2 Å². The number of carbonyl (C=O) groups is 1. The van der Waals surface area contributed by atoms with Gasteiger partial charge in [-0.25, -0.2) is 0 Å². The van der Waals surface area contributed by atoms with E-state index in [0.29, 0.717) is 30.3 Å². The van der Waals surface area contributed by atoms with Gasteiger partial charge >= 0.3 is 0 Å². The van der Waals surface area contributed by atoms with E-state index in [-0.39, 0.29) is 11.5 Å². The summed E-state index contributed by atoms with van der Waals surface area (Å²) < 4.78 is 17.6. The molecular formula is C26H24O4. The molecule has 0 unspecified atom stereocenters. The van der Waals surface area contributed by atoms with Crippen LogP contribution in [0.2, 0.25) is 0 Å². The Kier molecular flexibility index (Phi) is 5.57. The highest BCUT2D eigenvalue weighted by Crippen LogP contribution is 2.40. The van der Waals surface area contributed by atoms with Crippen molar-refractivity contribution in [3.05, 3.63) is 94.2 Å². The third-order valence-electron chi connectivity index (χ3n) is 5.06. The molecule has 3 aromatic rings. The molecule has 4 heteroatoms. The first kappa shape index (κ1) is 19.8. The molecule has 0 atom stereocenters. The molecule has 30 heavy (non-hydrogen) atoms. The van der Waals surface area contributed by atoms with Crippen LogP contribution in [-0.4, -0.2) is 12.4 Å². The maximum Gasteiger partial charge on any atom is 0.231 e. The monoisotopic (exact) mass is 400 g/mol. The summed E-state index contributed by atoms with van der Waals surface area (Å²) in [5, 5.41) is 0. The lowest BCUT2D eigenvalue weighted by Crippen LogP contribution is -1.99. The second-order valence-electron chi connectivity index (χ2n) is 7.25. The molecule has 0 aliphatic carbocycles. The fourth-order valence-electron chi connectivity index (χ4n) is 3.40. The second kappa shape index (κ2) is 8.46. The fourth-order valence-corrected chi connectivity index (χ4v) is 3.40. The Balaban J connectivity index is 1.57. The molecule has 0 saturated heterocycles. The Morgan fingerprint density at radius 2 is 1.67 bits per heavy atom. The molecule has 0 N–H and O–H groups in total. The molecule has 152 valence electrons. The van der Waals surface area contributed by atoms with E-state index < -0.39 is 0 Å². The number of ether oxygens (including phenoxy) is 3. The number of ketones is 1. The van der Waals surface area contributed by atoms with Crippen molar-refractivity contribution in [2.24, 2.45) is 0 Å². The molecule has 1 aliphatic heterocycles. The predicted octanol–water partition coefficient (Wildman–Crippen LogP) is 5.90. The van der Waals surface area contributed by atoms with E-state index >= 15 is 0 Å². The van der Waals surface area contributed by atoms with Gasteiger partial charge in [0, 0.05) is 11.1 Å². The van der Waals surface area contributed by atoms with Gasteiger partial charge in [-0.15, -0.1) is 0 Å². The molecule has 4 nitrogen and oxygen atoms in total. The summed E-state index contributed by atoms with van der Waals surface area (Å²) in [5.41, 5.74) is 4.48. The minimum absolute atomic E-state index is 0.135. The van der Waals surface area contributed by atoms with Gasteiger partial charge in [-0.05, 0) is 50.6 Å². The first-order chi connectivity index (χ1) is 14.6. The number of Topliss-reactive ketones (excluding diaryl/α,β-unsaturated/α-hetero) is 1. The molecule has 1 heterocycles. The van der Waals surface area contributed by atoms with E-state index in [1.165, 1.54) is 5.56 Å². The van der Waals surface area contributed by atoms with E-state index in [9.17, 15) is 4.79 Å². The van der Waals surface area contributed by atoms with Crippen LogP contribution in [0.3, 0.4) is 0 Å². The van der Waals surface area contributed by atoms with Gasteiger partial charge in [0.25, 0.3) is 0 Å². The Labute approximate surface area is 176 Å². The number of hydrogen-bond acceptors (Lipinski definition) is 4. The molecule has 3 aromatic carbocycles. The lowest BCUT2D eigenvalue weighted by molar-refractivity contribution is 0.101. The zero-order valence-electron chi connectivity index (χ0n) is 17.4. The quantitative estimate of drug-likeness (QED) is 0.484. The Bertz CT molecular complexity index is 1110. The molecule has 4 rings (SSSR count). The van der Waals surface area contributed by atoms with Gasteiger partial charge in [0.15, 0.2) is 5.76 Å². The number of benzene rings is 3. The minimum Gasteiger partial charge on any atom is -0.493 e. The summed E-state index contributed by atoms with van der Waals surface area (Å²) >= 11 is 0. The molecule has 0 bridgehead atoms. The van der Waals surface area contributed by atoms with Crippen LogP contribution >= 0.6 is 0 Å². The molecule has 1 aliphatic rings. The SMILES string of the molecule is CCOc1ccccc1/C=C1\Oc2c(ccc(OCc3ccc(C)cc3)c2C)C1=O. The summed E-state index contributed by atoms with van der Waals surface area (Å²) in [6.45, 7) is 6.90. The van der Waals surface area contributed by atoms with Crippen LogP contribution in [0.5, 0.6) is 17.2 Å². The number of hydrogen-bond donors (Lipinski definition) is 0. The van der Waals surface area contributed by atoms with Crippen LogP contribution in [0.25, 0.3) is 6.08 Å². The average molecular weight is 400 g/mol. The summed E-state index contributed by atoms with van der Waals surface area (Å²) in [6.07, 6.45) is 1.74. The van der Waals surface area contributed by atoms with Gasteiger partial charge in [-0.3, -0.25) is 4.79 Å². The molecule has 0 saturated carbocycles. The third-order valence-corrected chi connectivity index (χ3v) is 5.06. The Hall–Kier alpha value is -3.53. The summed E-state index contributed by atoms with van der Waals surface area (Å²) in [4.78, 5) is 12.9. The lowest BCUT2D eigenvalue weighted by Gasteiger charge is -2.12. The maximum absolute atomic E-state index is 12.9. The van der Waals surface area contributed by atoms with Crippen LogP contribution < -0.4 is 14.2 Å². The number of rotatable bonds is 6. The molecule has 0 aromatic heterocycles. The third kappa shape index (κ3) is 3.94. The van der Waals surface area contributed by atoms with Crippen molar-refractivity contribution < 1.29 is 19.0 Å². The predicted molar refractivity (Wildman–Crippen MR) is 117 cm³/mol. The van der Waals surface area contributed by atoms with E-state index in [1.54, 1.807) is 12.1 Å². The highest BCUT2D eigenvalue weighted by molar-refractivity contribution is 6.15. The first-order valence-electron chi connectivity index (χ1n) is 10.0. The number of para-hydroxylation sites is 1. The Morgan fingerprint density at radius 3 is 2.43 bits per heavy atom. The first-order valence-corrected chi connectivity index (χ1v) is 10.0. The standard InChI is InChI=1S/C26H24O4/c1-4-28-23-8-6-5-7-20(23)15-24-25(27)21-13-14-22(18(3)26(21)30-24)29-16-19-11-9-17(2)10-12-19/h5-15H,4,16H2,1-3H3/b24-15-. The summed E-state index contributed by atoms with van der Waals surface area (Å²) in [7, 11) is 0. The van der Waals surface area contributed by atoms with Crippen molar-refractivity contribution in [1.29, 1.82) is 0 Å². The van der Waals surface area contributed by atoms with Crippen molar-refractivity contribution in [1.82, 2.24) is 0 Å². The normalized spacial score (nSPS) is 13.8. The van der Waals surface area contributed by atoms with Gasteiger partial charge in [0.05, 0.1) is 12.2 Å². The van der Waals surface area contributed by atoms with Gasteiger partial charge in [0.2, 0.25) is 5.78 Å². The number of aryl methyl sites for hydroxylation is 1. The molecule has 0 spiro atoms. The molecule has 0 amide bonds. The number of fused-ring (bicyclic) bond motifs is 1. The smallest absolute Gasteiger partial charge is 0.231 e. The number of allylic oxidation sites excluding steroid dienone is 1. The van der Waals surface area contributed by atoms with Crippen molar-refractivity contribution in [3.8, 4) is 17.2 Å². The van der Waals surface area contributed by atoms with Crippen LogP contribution in [0.4, 0.5) is 0 Å². The van der Waals surface area contributed by atoms with Gasteiger partial charge in [-0.1, -0.05) is 48.0 Å². The van der Waals surface area contributed by atoms with Crippen molar-refractivity contribution in [2.75, 3.05) is 6.61 Å².